The van der Waals surface area contributed by atoms with E-state index >= 15 is 0 Å². The summed E-state index contributed by atoms with van der Waals surface area (Å²) in [6.07, 6.45) is 1.49. The average Bonchev–Trinajstić information content (AvgIpc) is 2.81. The standard InChI is InChI=1S/C18H27NO9S3.2K/c1-14-18(2,9-3-5-11-29(20,21)22)16-13-15(31(26,27)28)7-8-17(16)19(14)10-4-6-12-30(23,24)25;;/h7-8,13H,3-6,9-12H2,1-2H3,(H2-,20,21,22,23,24,25,26,27,28);;/q;2*+1/p-2. The molecule has 1 aliphatic heterocycles. The second kappa shape index (κ2) is 13.6. The molecule has 33 heavy (non-hydrogen) atoms. The van der Waals surface area contributed by atoms with Gasteiger partial charge in [0.2, 0.25) is 5.69 Å². The Balaban J connectivity index is 0.00000512. The summed E-state index contributed by atoms with van der Waals surface area (Å²) in [6.45, 7) is 4.04. The van der Waals surface area contributed by atoms with Crippen molar-refractivity contribution in [1.29, 1.82) is 0 Å². The summed E-state index contributed by atoms with van der Waals surface area (Å²) in [6, 6.07) is 4.04. The Morgan fingerprint density at radius 3 is 1.85 bits per heavy atom. The Kier molecular flexibility index (Phi) is 14.4. The molecular formula is C18H25K2NO9S3. The Morgan fingerprint density at radius 2 is 1.36 bits per heavy atom. The minimum atomic E-state index is -4.69. The molecule has 1 unspecified atom stereocenters. The van der Waals surface area contributed by atoms with Gasteiger partial charge >= 0.3 is 103 Å². The molecule has 10 nitrogen and oxygen atoms in total. The molecule has 1 heterocycles. The van der Waals surface area contributed by atoms with Gasteiger partial charge < -0.3 is 13.7 Å². The average molecular weight is 574 g/mol. The maximum atomic E-state index is 11.5. The smallest absolute Gasteiger partial charge is 0.748 e. The van der Waals surface area contributed by atoms with E-state index in [4.69, 9.17) is 0 Å². The van der Waals surface area contributed by atoms with Crippen molar-refractivity contribution >= 4 is 41.8 Å². The van der Waals surface area contributed by atoms with Crippen molar-refractivity contribution in [3.8, 4) is 0 Å². The molecule has 0 fully saturated rings. The largest absolute Gasteiger partial charge is 1.00 e. The molecule has 1 aromatic rings. The molecule has 0 bridgehead atoms. The zero-order chi connectivity index (χ0) is 23.7. The molecule has 1 aromatic carbocycles. The second-order valence-electron chi connectivity index (χ2n) is 7.89. The number of hydrogen-bond donors (Lipinski definition) is 0. The molecule has 0 amide bonds. The van der Waals surface area contributed by atoms with Crippen LogP contribution in [0.25, 0.3) is 0 Å². The maximum absolute atomic E-state index is 11.5. The van der Waals surface area contributed by atoms with E-state index in [-0.39, 0.29) is 121 Å². The van der Waals surface area contributed by atoms with Crippen LogP contribution in [0.3, 0.4) is 0 Å². The molecule has 0 saturated heterocycles. The molecule has 0 spiro atoms. The number of fused-ring (bicyclic) bond motifs is 1. The van der Waals surface area contributed by atoms with Crippen LogP contribution in [-0.2, 0) is 35.8 Å². The summed E-state index contributed by atoms with van der Waals surface area (Å²) >= 11 is 0. The van der Waals surface area contributed by atoms with Gasteiger partial charge in [-0.15, -0.1) is 0 Å². The number of benzene rings is 1. The molecule has 0 N–H and O–H groups in total. The van der Waals surface area contributed by atoms with Crippen LogP contribution in [0.15, 0.2) is 23.1 Å². The minimum absolute atomic E-state index is 0. The summed E-state index contributed by atoms with van der Waals surface area (Å²) in [4.78, 5) is -0.383. The summed E-state index contributed by atoms with van der Waals surface area (Å²) in [5.74, 6) is -0.988. The Labute approximate surface area is 281 Å². The van der Waals surface area contributed by atoms with Gasteiger partial charge in [0.1, 0.15) is 16.7 Å². The normalized spacial score (nSPS) is 18.5. The van der Waals surface area contributed by atoms with E-state index in [0.717, 1.165) is 5.71 Å². The SMILES string of the molecule is CC1=[N+](CCCCS(=O)(=O)[O-])c2ccc(S(=O)(=O)[O-])cc2C1(C)CCCCS(=O)(=O)[O-].[K+].[K+]. The van der Waals surface area contributed by atoms with E-state index in [1.165, 1.54) is 18.2 Å². The molecule has 0 aliphatic carbocycles. The Bertz CT molecular complexity index is 1200. The zero-order valence-electron chi connectivity index (χ0n) is 19.2. The molecular weight excluding hydrogens is 549 g/mol. The molecule has 0 radical (unpaired) electrons. The van der Waals surface area contributed by atoms with E-state index in [9.17, 15) is 38.9 Å². The van der Waals surface area contributed by atoms with Crippen LogP contribution >= 0.6 is 0 Å². The molecule has 1 atom stereocenters. The minimum Gasteiger partial charge on any atom is -0.748 e. The fourth-order valence-corrected chi connectivity index (χ4v) is 5.54. The van der Waals surface area contributed by atoms with Crippen LogP contribution in [-0.4, -0.2) is 67.2 Å². The topological polar surface area (TPSA) is 175 Å². The van der Waals surface area contributed by atoms with Gasteiger partial charge in [-0.05, 0) is 38.3 Å². The number of unbranched alkanes of at least 4 members (excludes halogenated alkanes) is 2. The van der Waals surface area contributed by atoms with Crippen molar-refractivity contribution in [1.82, 2.24) is 0 Å². The van der Waals surface area contributed by atoms with Gasteiger partial charge in [0.25, 0.3) is 0 Å². The van der Waals surface area contributed by atoms with Crippen molar-refractivity contribution < 1.29 is 146 Å². The van der Waals surface area contributed by atoms with Gasteiger partial charge in [0.15, 0.2) is 5.71 Å². The fourth-order valence-electron chi connectivity index (χ4n) is 3.93. The van der Waals surface area contributed by atoms with Crippen LogP contribution in [0.4, 0.5) is 5.69 Å². The van der Waals surface area contributed by atoms with Gasteiger partial charge in [0.05, 0.1) is 30.5 Å². The van der Waals surface area contributed by atoms with Gasteiger partial charge in [-0.3, -0.25) is 0 Å². The maximum Gasteiger partial charge on any atom is 1.00 e. The van der Waals surface area contributed by atoms with E-state index in [1.807, 2.05) is 18.4 Å². The second-order valence-corrected chi connectivity index (χ2v) is 12.3. The van der Waals surface area contributed by atoms with Gasteiger partial charge in [-0.25, -0.2) is 25.3 Å². The first-order valence-electron chi connectivity index (χ1n) is 9.64. The predicted octanol–water partition coefficient (Wildman–Crippen LogP) is -4.98. The quantitative estimate of drug-likeness (QED) is 0.109. The van der Waals surface area contributed by atoms with Crippen LogP contribution < -0.4 is 103 Å². The third-order valence-electron chi connectivity index (χ3n) is 5.69. The van der Waals surface area contributed by atoms with Gasteiger partial charge in [0, 0.05) is 36.5 Å². The molecule has 0 aromatic heterocycles. The van der Waals surface area contributed by atoms with E-state index < -0.39 is 47.3 Å². The summed E-state index contributed by atoms with van der Waals surface area (Å²) in [7, 11) is -13.3. The van der Waals surface area contributed by atoms with Crippen LogP contribution in [0.5, 0.6) is 0 Å². The third-order valence-corrected chi connectivity index (χ3v) is 8.10. The van der Waals surface area contributed by atoms with E-state index in [2.05, 4.69) is 0 Å². The van der Waals surface area contributed by atoms with Crippen molar-refractivity contribution in [3.63, 3.8) is 0 Å². The molecule has 15 heteroatoms. The molecule has 1 aliphatic rings. The molecule has 0 saturated carbocycles. The Morgan fingerprint density at radius 1 is 0.848 bits per heavy atom. The molecule has 176 valence electrons. The monoisotopic (exact) mass is 573 g/mol. The van der Waals surface area contributed by atoms with E-state index in [0.29, 0.717) is 37.1 Å². The van der Waals surface area contributed by atoms with Crippen molar-refractivity contribution in [3.05, 3.63) is 23.8 Å². The zero-order valence-corrected chi connectivity index (χ0v) is 27.9. The summed E-state index contributed by atoms with van der Waals surface area (Å²) in [5, 5.41) is 0. The molecule has 2 rings (SSSR count). The van der Waals surface area contributed by atoms with Crippen molar-refractivity contribution in [2.45, 2.75) is 56.3 Å². The van der Waals surface area contributed by atoms with Crippen LogP contribution in [0.1, 0.15) is 51.5 Å². The Hall–Kier alpha value is 1.89. The first-order chi connectivity index (χ1) is 14.0. The van der Waals surface area contributed by atoms with Gasteiger partial charge in [-0.1, -0.05) is 6.42 Å². The first kappa shape index (κ1) is 34.9. The third kappa shape index (κ3) is 10.3. The van der Waals surface area contributed by atoms with Gasteiger partial charge in [-0.2, -0.15) is 4.58 Å². The van der Waals surface area contributed by atoms with Crippen LogP contribution in [0.2, 0.25) is 0 Å². The van der Waals surface area contributed by atoms with E-state index in [1.54, 1.807) is 0 Å². The number of rotatable bonds is 11. The van der Waals surface area contributed by atoms with Crippen LogP contribution in [0, 0.1) is 0 Å². The fraction of sp³-hybridized carbons (Fsp3) is 0.611. The van der Waals surface area contributed by atoms with Crippen molar-refractivity contribution in [2.75, 3.05) is 18.1 Å². The first-order valence-corrected chi connectivity index (χ1v) is 14.2. The summed E-state index contributed by atoms with van der Waals surface area (Å²) in [5.41, 5.74) is 1.35. The predicted molar refractivity (Wildman–Crippen MR) is 109 cm³/mol. The number of hydrogen-bond acceptors (Lipinski definition) is 9. The van der Waals surface area contributed by atoms with Crippen molar-refractivity contribution in [2.24, 2.45) is 0 Å². The number of nitrogens with zero attached hydrogens (tertiary/aromatic N) is 1. The summed E-state index contributed by atoms with van der Waals surface area (Å²) < 4.78 is 101.